The van der Waals surface area contributed by atoms with Gasteiger partial charge in [-0.2, -0.15) is 0 Å². The molecule has 10 heteroatoms. The molecule has 6 aromatic rings. The average Bonchev–Trinajstić information content (AvgIpc) is 3.58. The van der Waals surface area contributed by atoms with Gasteiger partial charge < -0.3 is 9.88 Å². The Morgan fingerprint density at radius 1 is 0.865 bits per heavy atom. The number of benzene rings is 2. The predicted molar refractivity (Wildman–Crippen MR) is 142 cm³/mol. The van der Waals surface area contributed by atoms with Crippen molar-refractivity contribution in [3.63, 3.8) is 0 Å². The molecule has 6 rings (SSSR count). The molecule has 0 saturated heterocycles. The number of amides is 1. The van der Waals surface area contributed by atoms with Crippen LogP contribution in [-0.4, -0.2) is 46.2 Å². The third-order valence-corrected chi connectivity index (χ3v) is 6.77. The monoisotopic (exact) mass is 492 g/mol. The first kappa shape index (κ1) is 22.5. The fourth-order valence-corrected chi connectivity index (χ4v) is 4.73. The third kappa shape index (κ3) is 3.45. The number of nitrogens with one attached hydrogen (secondary N) is 1. The van der Waals surface area contributed by atoms with Crippen LogP contribution in [0.3, 0.4) is 0 Å². The number of fused-ring (bicyclic) bond motifs is 2. The van der Waals surface area contributed by atoms with Gasteiger partial charge in [0, 0.05) is 45.6 Å². The van der Waals surface area contributed by atoms with Crippen molar-refractivity contribution in [2.24, 2.45) is 21.1 Å². The molecule has 0 saturated carbocycles. The molecule has 0 aliphatic heterocycles. The zero-order valence-electron chi connectivity index (χ0n) is 20.8. The molecule has 37 heavy (non-hydrogen) atoms. The highest BCUT2D eigenvalue weighted by atomic mass is 16.2. The summed E-state index contributed by atoms with van der Waals surface area (Å²) in [6.45, 7) is 0. The quantitative estimate of drug-likeness (QED) is 0.407. The Morgan fingerprint density at radius 2 is 1.62 bits per heavy atom. The molecule has 0 unspecified atom stereocenters. The van der Waals surface area contributed by atoms with E-state index >= 15 is 0 Å². The maximum Gasteiger partial charge on any atom is 0.328 e. The van der Waals surface area contributed by atoms with Crippen molar-refractivity contribution in [1.29, 1.82) is 0 Å². The maximum absolute atomic E-state index is 12.5. The lowest BCUT2D eigenvalue weighted by Gasteiger charge is -2.11. The Labute approximate surface area is 211 Å². The molecular weight excluding hydrogens is 468 g/mol. The van der Waals surface area contributed by atoms with Gasteiger partial charge in [0.25, 0.3) is 5.91 Å². The first-order chi connectivity index (χ1) is 17.9. The van der Waals surface area contributed by atoms with Crippen LogP contribution in [-0.2, 0) is 21.1 Å². The number of rotatable bonds is 4. The molecule has 0 radical (unpaired) electrons. The van der Waals surface area contributed by atoms with Crippen molar-refractivity contribution >= 4 is 28.0 Å². The lowest BCUT2D eigenvalue weighted by atomic mass is 10.1. The van der Waals surface area contributed by atoms with E-state index in [0.717, 1.165) is 50.4 Å². The number of pyridine rings is 1. The summed E-state index contributed by atoms with van der Waals surface area (Å²) in [5.74, 6) is 0.509. The number of nitrogens with zero attached hydrogens (tertiary/aromatic N) is 7. The van der Waals surface area contributed by atoms with Crippen molar-refractivity contribution in [3.05, 3.63) is 83.4 Å². The number of aryl methyl sites for hydroxylation is 3. The smallest absolute Gasteiger partial charge is 0.328 e. The molecule has 184 valence electrons. The third-order valence-electron chi connectivity index (χ3n) is 6.77. The van der Waals surface area contributed by atoms with Crippen LogP contribution in [0, 0.1) is 0 Å². The number of aromatic nitrogens is 7. The van der Waals surface area contributed by atoms with Crippen LogP contribution < -0.4 is 11.0 Å². The van der Waals surface area contributed by atoms with E-state index in [-0.39, 0.29) is 11.6 Å². The summed E-state index contributed by atoms with van der Waals surface area (Å²) in [6.07, 6.45) is 5.22. The minimum Gasteiger partial charge on any atom is -0.354 e. The highest BCUT2D eigenvalue weighted by Gasteiger charge is 2.19. The van der Waals surface area contributed by atoms with Gasteiger partial charge in [-0.05, 0) is 42.0 Å². The van der Waals surface area contributed by atoms with E-state index in [1.54, 1.807) is 55.1 Å². The van der Waals surface area contributed by atoms with Crippen LogP contribution in [0.15, 0.2) is 72.0 Å². The van der Waals surface area contributed by atoms with E-state index in [4.69, 9.17) is 4.98 Å². The SMILES string of the molecule is CNC(=O)c1ccc(-c2ccc3c(c2)nc(-c2cncn2C)n3-c2ccc3c(c2)n(C)c(=O)n3C)cn1. The molecule has 10 nitrogen and oxygen atoms in total. The fourth-order valence-electron chi connectivity index (χ4n) is 4.73. The van der Waals surface area contributed by atoms with Crippen molar-refractivity contribution in [2.75, 3.05) is 7.05 Å². The molecule has 0 spiro atoms. The molecule has 1 amide bonds. The average molecular weight is 493 g/mol. The van der Waals surface area contributed by atoms with Gasteiger partial charge >= 0.3 is 5.69 Å². The second-order valence-corrected chi connectivity index (χ2v) is 8.95. The van der Waals surface area contributed by atoms with E-state index in [1.807, 2.05) is 54.1 Å². The Balaban J connectivity index is 1.55. The maximum atomic E-state index is 12.5. The Morgan fingerprint density at radius 3 is 2.32 bits per heavy atom. The summed E-state index contributed by atoms with van der Waals surface area (Å²) >= 11 is 0. The molecule has 0 bridgehead atoms. The Hall–Kier alpha value is -4.99. The van der Waals surface area contributed by atoms with E-state index < -0.39 is 0 Å². The standard InChI is InChI=1S/C27H24N8O2/c1-28-26(36)19-8-5-17(13-30-19)16-6-9-21-20(11-16)31-25(24-14-29-15-32(24)2)35(21)18-7-10-22-23(12-18)34(4)27(37)33(22)3/h5-15H,1-4H3,(H,28,36). The van der Waals surface area contributed by atoms with Crippen molar-refractivity contribution in [3.8, 4) is 28.3 Å². The molecule has 0 aliphatic carbocycles. The van der Waals surface area contributed by atoms with Gasteiger partial charge in [-0.25, -0.2) is 14.8 Å². The topological polar surface area (TPSA) is 105 Å². The number of carbonyl (C=O) groups is 1. The molecule has 2 aromatic carbocycles. The van der Waals surface area contributed by atoms with Crippen LogP contribution in [0.25, 0.3) is 50.4 Å². The minimum absolute atomic E-state index is 0.0739. The van der Waals surface area contributed by atoms with E-state index in [2.05, 4.69) is 19.9 Å². The summed E-state index contributed by atoms with van der Waals surface area (Å²) in [6, 6.07) is 15.6. The first-order valence-electron chi connectivity index (χ1n) is 11.7. The lowest BCUT2D eigenvalue weighted by molar-refractivity contribution is 0.0958. The molecule has 0 fully saturated rings. The Bertz CT molecular complexity index is 1890. The summed E-state index contributed by atoms with van der Waals surface area (Å²) in [5.41, 5.74) is 7.25. The van der Waals surface area contributed by atoms with Crippen LogP contribution in [0.5, 0.6) is 0 Å². The number of imidazole rings is 3. The Kier molecular flexibility index (Phi) is 5.04. The largest absolute Gasteiger partial charge is 0.354 e. The molecule has 0 aliphatic rings. The second kappa shape index (κ2) is 8.30. The summed E-state index contributed by atoms with van der Waals surface area (Å²) < 4.78 is 7.30. The van der Waals surface area contributed by atoms with Crippen LogP contribution in [0.4, 0.5) is 0 Å². The predicted octanol–water partition coefficient (Wildman–Crippen LogP) is 3.04. The van der Waals surface area contributed by atoms with Crippen molar-refractivity contribution < 1.29 is 4.79 Å². The van der Waals surface area contributed by atoms with Gasteiger partial charge in [-0.15, -0.1) is 0 Å². The van der Waals surface area contributed by atoms with Gasteiger partial charge in [0.05, 0.1) is 34.6 Å². The summed E-state index contributed by atoms with van der Waals surface area (Å²) in [7, 11) is 7.06. The molecular formula is C27H24N8O2. The molecule has 4 aromatic heterocycles. The molecule has 0 atom stereocenters. The second-order valence-electron chi connectivity index (χ2n) is 8.95. The number of hydrogen-bond acceptors (Lipinski definition) is 5. The number of hydrogen-bond donors (Lipinski definition) is 1. The molecule has 4 heterocycles. The van der Waals surface area contributed by atoms with Gasteiger partial charge in [0.15, 0.2) is 5.82 Å². The van der Waals surface area contributed by atoms with Crippen LogP contribution >= 0.6 is 0 Å². The van der Waals surface area contributed by atoms with Crippen molar-refractivity contribution in [1.82, 2.24) is 38.5 Å². The van der Waals surface area contributed by atoms with E-state index in [9.17, 15) is 9.59 Å². The molecule has 1 N–H and O–H groups in total. The zero-order chi connectivity index (χ0) is 25.8. The van der Waals surface area contributed by atoms with Gasteiger partial charge in [-0.1, -0.05) is 12.1 Å². The summed E-state index contributed by atoms with van der Waals surface area (Å²) in [4.78, 5) is 38.0. The minimum atomic E-state index is -0.227. The lowest BCUT2D eigenvalue weighted by Crippen LogP contribution is -2.19. The number of carbonyl (C=O) groups excluding carboxylic acids is 1. The van der Waals surface area contributed by atoms with Gasteiger partial charge in [0.2, 0.25) is 0 Å². The van der Waals surface area contributed by atoms with Gasteiger partial charge in [-0.3, -0.25) is 23.5 Å². The summed E-state index contributed by atoms with van der Waals surface area (Å²) in [5, 5.41) is 2.58. The highest BCUT2D eigenvalue weighted by Crippen LogP contribution is 2.32. The van der Waals surface area contributed by atoms with E-state index in [1.165, 1.54) is 0 Å². The fraction of sp³-hybridized carbons (Fsp3) is 0.148. The van der Waals surface area contributed by atoms with Gasteiger partial charge in [0.1, 0.15) is 11.4 Å². The zero-order valence-corrected chi connectivity index (χ0v) is 20.8. The highest BCUT2D eigenvalue weighted by molar-refractivity contribution is 5.93. The first-order valence-corrected chi connectivity index (χ1v) is 11.7. The van der Waals surface area contributed by atoms with Crippen LogP contribution in [0.1, 0.15) is 10.5 Å². The van der Waals surface area contributed by atoms with Crippen molar-refractivity contribution in [2.45, 2.75) is 0 Å². The van der Waals surface area contributed by atoms with E-state index in [0.29, 0.717) is 5.69 Å². The normalized spacial score (nSPS) is 11.5. The van der Waals surface area contributed by atoms with Crippen LogP contribution in [0.2, 0.25) is 0 Å².